The molecule has 1 aromatic carbocycles. The van der Waals surface area contributed by atoms with Crippen LogP contribution in [-0.2, 0) is 9.53 Å². The van der Waals surface area contributed by atoms with Gasteiger partial charge < -0.3 is 15.4 Å². The number of thiocarbonyl (C=S) groups is 1. The zero-order chi connectivity index (χ0) is 15.7. The number of rotatable bonds is 6. The van der Waals surface area contributed by atoms with Crippen LogP contribution in [0.15, 0.2) is 24.3 Å². The summed E-state index contributed by atoms with van der Waals surface area (Å²) in [4.78, 5) is 23.0. The van der Waals surface area contributed by atoms with Crippen LogP contribution in [0.3, 0.4) is 0 Å². The molecule has 1 rings (SSSR count). The van der Waals surface area contributed by atoms with E-state index in [-0.39, 0.29) is 17.0 Å². The molecule has 1 aromatic rings. The molecule has 0 aliphatic heterocycles. The van der Waals surface area contributed by atoms with Gasteiger partial charge in [0.05, 0.1) is 12.2 Å². The highest BCUT2D eigenvalue weighted by atomic mass is 32.1. The summed E-state index contributed by atoms with van der Waals surface area (Å²) >= 11 is 5.03. The van der Waals surface area contributed by atoms with Crippen LogP contribution < -0.4 is 10.6 Å². The quantitative estimate of drug-likeness (QED) is 0.625. The van der Waals surface area contributed by atoms with Gasteiger partial charge in [-0.05, 0) is 49.3 Å². The Morgan fingerprint density at radius 2 is 1.81 bits per heavy atom. The van der Waals surface area contributed by atoms with Crippen LogP contribution in [0.1, 0.15) is 43.5 Å². The van der Waals surface area contributed by atoms with Crippen molar-refractivity contribution in [3.8, 4) is 0 Å². The Bertz CT molecular complexity index is 500. The highest BCUT2D eigenvalue weighted by Crippen LogP contribution is 2.10. The normalized spacial score (nSPS) is 9.81. The third kappa shape index (κ3) is 6.35. The number of anilines is 1. The Morgan fingerprint density at radius 3 is 2.38 bits per heavy atom. The summed E-state index contributed by atoms with van der Waals surface area (Å²) in [6, 6.07) is 6.72. The Hall–Kier alpha value is -1.95. The molecule has 0 unspecified atom stereocenters. The van der Waals surface area contributed by atoms with Gasteiger partial charge in [0, 0.05) is 12.1 Å². The van der Waals surface area contributed by atoms with E-state index in [1.54, 1.807) is 24.3 Å². The van der Waals surface area contributed by atoms with E-state index < -0.39 is 0 Å². The van der Waals surface area contributed by atoms with Gasteiger partial charge in [0.2, 0.25) is 5.91 Å². The maximum Gasteiger partial charge on any atom is 0.338 e. The summed E-state index contributed by atoms with van der Waals surface area (Å²) < 4.78 is 5.04. The van der Waals surface area contributed by atoms with Crippen molar-refractivity contribution in [2.45, 2.75) is 33.1 Å². The third-order valence-corrected chi connectivity index (χ3v) is 2.75. The predicted octanol–water partition coefficient (Wildman–Crippen LogP) is 2.87. The number of amides is 1. The lowest BCUT2D eigenvalue weighted by molar-refractivity contribution is -0.119. The number of carbonyl (C=O) groups is 2. The van der Waals surface area contributed by atoms with Gasteiger partial charge in [-0.3, -0.25) is 4.79 Å². The fraction of sp³-hybridized carbons (Fsp3) is 0.400. The molecule has 0 aliphatic rings. The number of hydrogen-bond acceptors (Lipinski definition) is 4. The largest absolute Gasteiger partial charge is 0.462 e. The van der Waals surface area contributed by atoms with Gasteiger partial charge in [0.1, 0.15) is 0 Å². The number of benzene rings is 1. The van der Waals surface area contributed by atoms with Crippen molar-refractivity contribution in [3.63, 3.8) is 0 Å². The second kappa shape index (κ2) is 9.07. The Kier molecular flexibility index (Phi) is 7.39. The fourth-order valence-corrected chi connectivity index (χ4v) is 1.78. The molecular weight excluding hydrogens is 288 g/mol. The topological polar surface area (TPSA) is 67.4 Å². The zero-order valence-corrected chi connectivity index (χ0v) is 13.1. The lowest BCUT2D eigenvalue weighted by atomic mass is 10.2. The maximum absolute atomic E-state index is 11.6. The summed E-state index contributed by atoms with van der Waals surface area (Å²) in [5, 5.41) is 5.72. The lowest BCUT2D eigenvalue weighted by Crippen LogP contribution is -2.33. The molecule has 114 valence electrons. The molecule has 0 aromatic heterocycles. The van der Waals surface area contributed by atoms with Crippen molar-refractivity contribution in [2.24, 2.45) is 0 Å². The molecular formula is C15H20N2O3S. The van der Waals surface area contributed by atoms with Crippen LogP contribution >= 0.6 is 12.2 Å². The Balaban J connectivity index is 2.52. The van der Waals surface area contributed by atoms with Crippen LogP contribution in [0, 0.1) is 0 Å². The number of ether oxygens (including phenoxy) is 1. The predicted molar refractivity (Wildman–Crippen MR) is 86.3 cm³/mol. The fourth-order valence-electron chi connectivity index (χ4n) is 1.55. The summed E-state index contributed by atoms with van der Waals surface area (Å²) in [5.41, 5.74) is 1.18. The van der Waals surface area contributed by atoms with Crippen molar-refractivity contribution >= 4 is 34.9 Å². The molecule has 0 bridgehead atoms. The second-order valence-corrected chi connectivity index (χ2v) is 4.87. The molecule has 21 heavy (non-hydrogen) atoms. The van der Waals surface area contributed by atoms with E-state index in [0.717, 1.165) is 12.8 Å². The standard InChI is InChI=1S/C15H20N2O3S/c1-3-5-13(18)17-15(21)16-12-8-6-11(7-9-12)14(19)20-10-4-2/h6-9H,3-5,10H2,1-2H3,(H2,16,17,18,21). The van der Waals surface area contributed by atoms with Gasteiger partial charge in [0.25, 0.3) is 0 Å². The molecule has 0 fully saturated rings. The molecule has 2 N–H and O–H groups in total. The summed E-state index contributed by atoms with van der Waals surface area (Å²) in [5.74, 6) is -0.461. The minimum atomic E-state index is -0.345. The van der Waals surface area contributed by atoms with Crippen LogP contribution in [0.5, 0.6) is 0 Å². The number of esters is 1. The molecule has 6 heteroatoms. The summed E-state index contributed by atoms with van der Waals surface area (Å²) in [6.07, 6.45) is 1.99. The van der Waals surface area contributed by atoms with Crippen molar-refractivity contribution in [2.75, 3.05) is 11.9 Å². The van der Waals surface area contributed by atoms with Crippen LogP contribution in [0.4, 0.5) is 5.69 Å². The molecule has 0 saturated carbocycles. The number of carbonyl (C=O) groups excluding carboxylic acids is 2. The van der Waals surface area contributed by atoms with Crippen molar-refractivity contribution in [3.05, 3.63) is 29.8 Å². The highest BCUT2D eigenvalue weighted by Gasteiger charge is 2.07. The van der Waals surface area contributed by atoms with E-state index in [1.165, 1.54) is 0 Å². The first-order chi connectivity index (χ1) is 10.1. The molecule has 0 heterocycles. The molecule has 0 spiro atoms. The van der Waals surface area contributed by atoms with Gasteiger partial charge in [0.15, 0.2) is 5.11 Å². The molecule has 0 saturated heterocycles. The summed E-state index contributed by atoms with van der Waals surface area (Å²) in [7, 11) is 0. The lowest BCUT2D eigenvalue weighted by Gasteiger charge is -2.09. The van der Waals surface area contributed by atoms with E-state index in [2.05, 4.69) is 10.6 Å². The first-order valence-electron chi connectivity index (χ1n) is 6.94. The smallest absolute Gasteiger partial charge is 0.338 e. The first kappa shape index (κ1) is 17.1. The average Bonchev–Trinajstić information content (AvgIpc) is 2.45. The van der Waals surface area contributed by atoms with E-state index in [0.29, 0.717) is 24.3 Å². The SMILES string of the molecule is CCCOC(=O)c1ccc(NC(=S)NC(=O)CCC)cc1. The van der Waals surface area contributed by atoms with Gasteiger partial charge in [-0.1, -0.05) is 13.8 Å². The van der Waals surface area contributed by atoms with Gasteiger partial charge in [-0.25, -0.2) is 4.79 Å². The number of hydrogen-bond donors (Lipinski definition) is 2. The number of nitrogens with one attached hydrogen (secondary N) is 2. The van der Waals surface area contributed by atoms with Crippen LogP contribution in [0.25, 0.3) is 0 Å². The van der Waals surface area contributed by atoms with Gasteiger partial charge >= 0.3 is 5.97 Å². The summed E-state index contributed by atoms with van der Waals surface area (Å²) in [6.45, 7) is 4.27. The maximum atomic E-state index is 11.6. The Morgan fingerprint density at radius 1 is 1.14 bits per heavy atom. The van der Waals surface area contributed by atoms with Crippen LogP contribution in [0.2, 0.25) is 0 Å². The van der Waals surface area contributed by atoms with Gasteiger partial charge in [-0.15, -0.1) is 0 Å². The molecule has 1 amide bonds. The van der Waals surface area contributed by atoms with E-state index in [1.807, 2.05) is 13.8 Å². The minimum absolute atomic E-state index is 0.116. The molecule has 0 aliphatic carbocycles. The monoisotopic (exact) mass is 308 g/mol. The third-order valence-electron chi connectivity index (χ3n) is 2.55. The van der Waals surface area contributed by atoms with Crippen LogP contribution in [-0.4, -0.2) is 23.6 Å². The molecule has 0 radical (unpaired) electrons. The average molecular weight is 308 g/mol. The van der Waals surface area contributed by atoms with Crippen molar-refractivity contribution in [1.29, 1.82) is 0 Å². The minimum Gasteiger partial charge on any atom is -0.462 e. The second-order valence-electron chi connectivity index (χ2n) is 4.47. The van der Waals surface area contributed by atoms with Gasteiger partial charge in [-0.2, -0.15) is 0 Å². The zero-order valence-electron chi connectivity index (χ0n) is 12.3. The van der Waals surface area contributed by atoms with E-state index in [9.17, 15) is 9.59 Å². The Labute approximate surface area is 130 Å². The van der Waals surface area contributed by atoms with E-state index >= 15 is 0 Å². The highest BCUT2D eigenvalue weighted by molar-refractivity contribution is 7.80. The van der Waals surface area contributed by atoms with Crippen molar-refractivity contribution in [1.82, 2.24) is 5.32 Å². The molecule has 0 atom stereocenters. The van der Waals surface area contributed by atoms with E-state index in [4.69, 9.17) is 17.0 Å². The molecule has 5 nitrogen and oxygen atoms in total. The first-order valence-corrected chi connectivity index (χ1v) is 7.35. The van der Waals surface area contributed by atoms with Crippen molar-refractivity contribution < 1.29 is 14.3 Å².